The van der Waals surface area contributed by atoms with Gasteiger partial charge in [0.1, 0.15) is 6.04 Å². The normalized spacial score (nSPS) is 17.6. The molecule has 0 bridgehead atoms. The summed E-state index contributed by atoms with van der Waals surface area (Å²) >= 11 is 7.59. The fourth-order valence-electron chi connectivity index (χ4n) is 2.90. The third kappa shape index (κ3) is 2.95. The Balaban J connectivity index is 1.59. The number of hydrogen-bond donors (Lipinski definition) is 0. The minimum Gasteiger partial charge on any atom is -0.337 e. The molecule has 1 aliphatic heterocycles. The summed E-state index contributed by atoms with van der Waals surface area (Å²) in [6, 6.07) is 11.2. The number of rotatable bonds is 4. The highest BCUT2D eigenvalue weighted by atomic mass is 35.5. The third-order valence-corrected chi connectivity index (χ3v) is 5.14. The lowest BCUT2D eigenvalue weighted by Gasteiger charge is -2.22. The monoisotopic (exact) mass is 359 g/mol. The SMILES string of the molecule is O=C1CCC(c2nc(-c3cccs3)no2)N1Cc1cccc(Cl)c1. The summed E-state index contributed by atoms with van der Waals surface area (Å²) in [5.74, 6) is 1.16. The number of aromatic nitrogens is 2. The quantitative estimate of drug-likeness (QED) is 0.696. The first-order valence-corrected chi connectivity index (χ1v) is 8.88. The number of likely N-dealkylation sites (tertiary alicyclic amines) is 1. The highest BCUT2D eigenvalue weighted by Crippen LogP contribution is 2.34. The van der Waals surface area contributed by atoms with Crippen LogP contribution in [-0.2, 0) is 11.3 Å². The van der Waals surface area contributed by atoms with Gasteiger partial charge in [-0.2, -0.15) is 4.98 Å². The van der Waals surface area contributed by atoms with Crippen LogP contribution in [0.4, 0.5) is 0 Å². The van der Waals surface area contributed by atoms with E-state index in [4.69, 9.17) is 16.1 Å². The van der Waals surface area contributed by atoms with E-state index in [1.165, 1.54) is 0 Å². The van der Waals surface area contributed by atoms with E-state index in [-0.39, 0.29) is 11.9 Å². The molecule has 3 heterocycles. The molecule has 122 valence electrons. The summed E-state index contributed by atoms with van der Waals surface area (Å²) in [4.78, 5) is 19.5. The zero-order chi connectivity index (χ0) is 16.5. The minimum atomic E-state index is -0.183. The molecule has 2 aromatic heterocycles. The molecule has 7 heteroatoms. The molecule has 1 unspecified atom stereocenters. The van der Waals surface area contributed by atoms with Gasteiger partial charge in [-0.15, -0.1) is 11.3 Å². The van der Waals surface area contributed by atoms with Crippen molar-refractivity contribution in [1.29, 1.82) is 0 Å². The minimum absolute atomic E-state index is 0.0934. The molecular formula is C17H14ClN3O2S. The highest BCUT2D eigenvalue weighted by molar-refractivity contribution is 7.13. The Bertz CT molecular complexity index is 862. The molecule has 4 rings (SSSR count). The number of halogens is 1. The summed E-state index contributed by atoms with van der Waals surface area (Å²) in [6.07, 6.45) is 1.17. The average Bonchev–Trinajstić information content (AvgIpc) is 3.29. The maximum atomic E-state index is 12.3. The Morgan fingerprint density at radius 3 is 3.04 bits per heavy atom. The van der Waals surface area contributed by atoms with Crippen LogP contribution in [0, 0.1) is 0 Å². The zero-order valence-electron chi connectivity index (χ0n) is 12.7. The summed E-state index contributed by atoms with van der Waals surface area (Å²) in [5.41, 5.74) is 0.987. The van der Waals surface area contributed by atoms with Crippen LogP contribution in [-0.4, -0.2) is 20.9 Å². The topological polar surface area (TPSA) is 59.2 Å². The van der Waals surface area contributed by atoms with Gasteiger partial charge in [-0.05, 0) is 35.6 Å². The molecule has 1 amide bonds. The number of nitrogens with zero attached hydrogens (tertiary/aromatic N) is 3. The number of thiophene rings is 1. The lowest BCUT2D eigenvalue weighted by atomic mass is 10.2. The van der Waals surface area contributed by atoms with Crippen LogP contribution >= 0.6 is 22.9 Å². The van der Waals surface area contributed by atoms with Gasteiger partial charge in [-0.3, -0.25) is 4.79 Å². The van der Waals surface area contributed by atoms with Crippen LogP contribution in [0.1, 0.15) is 30.3 Å². The van der Waals surface area contributed by atoms with Crippen molar-refractivity contribution in [3.63, 3.8) is 0 Å². The van der Waals surface area contributed by atoms with Gasteiger partial charge < -0.3 is 9.42 Å². The summed E-state index contributed by atoms with van der Waals surface area (Å²) in [6.45, 7) is 0.487. The van der Waals surface area contributed by atoms with E-state index >= 15 is 0 Å². The number of carbonyl (C=O) groups is 1. The molecule has 0 saturated carbocycles. The summed E-state index contributed by atoms with van der Waals surface area (Å²) < 4.78 is 5.44. The first kappa shape index (κ1) is 15.4. The Morgan fingerprint density at radius 2 is 2.25 bits per heavy atom. The van der Waals surface area contributed by atoms with Crippen molar-refractivity contribution in [1.82, 2.24) is 15.0 Å². The fourth-order valence-corrected chi connectivity index (χ4v) is 3.76. The van der Waals surface area contributed by atoms with E-state index in [2.05, 4.69) is 10.1 Å². The van der Waals surface area contributed by atoms with Crippen molar-refractivity contribution in [2.24, 2.45) is 0 Å². The van der Waals surface area contributed by atoms with E-state index in [0.717, 1.165) is 10.4 Å². The molecule has 5 nitrogen and oxygen atoms in total. The molecular weight excluding hydrogens is 346 g/mol. The van der Waals surface area contributed by atoms with E-state index < -0.39 is 0 Å². The molecule has 0 spiro atoms. The summed E-state index contributed by atoms with van der Waals surface area (Å²) in [7, 11) is 0. The third-order valence-electron chi connectivity index (χ3n) is 4.04. The van der Waals surface area contributed by atoms with Crippen LogP contribution in [0.3, 0.4) is 0 Å². The predicted octanol–water partition coefficient (Wildman–Crippen LogP) is 4.32. The van der Waals surface area contributed by atoms with Crippen molar-refractivity contribution in [3.8, 4) is 10.7 Å². The zero-order valence-corrected chi connectivity index (χ0v) is 14.3. The molecule has 1 aliphatic rings. The second-order valence-electron chi connectivity index (χ2n) is 5.64. The van der Waals surface area contributed by atoms with Gasteiger partial charge in [0.25, 0.3) is 0 Å². The van der Waals surface area contributed by atoms with Crippen molar-refractivity contribution < 1.29 is 9.32 Å². The van der Waals surface area contributed by atoms with Gasteiger partial charge in [-0.25, -0.2) is 0 Å². The van der Waals surface area contributed by atoms with E-state index in [1.54, 1.807) is 16.2 Å². The average molecular weight is 360 g/mol. The van der Waals surface area contributed by atoms with Crippen molar-refractivity contribution in [2.45, 2.75) is 25.4 Å². The Hall–Kier alpha value is -2.18. The van der Waals surface area contributed by atoms with Crippen LogP contribution in [0.15, 0.2) is 46.3 Å². The van der Waals surface area contributed by atoms with Crippen LogP contribution in [0.2, 0.25) is 5.02 Å². The predicted molar refractivity (Wildman–Crippen MR) is 91.6 cm³/mol. The second-order valence-corrected chi connectivity index (χ2v) is 7.02. The fraction of sp³-hybridized carbons (Fsp3) is 0.235. The molecule has 0 aliphatic carbocycles. The molecule has 1 fully saturated rings. The Kier molecular flexibility index (Phi) is 4.08. The molecule has 1 saturated heterocycles. The van der Waals surface area contributed by atoms with E-state index in [1.807, 2.05) is 41.8 Å². The molecule has 3 aromatic rings. The maximum absolute atomic E-state index is 12.3. The van der Waals surface area contributed by atoms with Gasteiger partial charge in [0.2, 0.25) is 17.6 Å². The van der Waals surface area contributed by atoms with Crippen molar-refractivity contribution in [3.05, 3.63) is 58.3 Å². The number of benzene rings is 1. The lowest BCUT2D eigenvalue weighted by Crippen LogP contribution is -2.27. The summed E-state index contributed by atoms with van der Waals surface area (Å²) in [5, 5.41) is 6.68. The van der Waals surface area contributed by atoms with Gasteiger partial charge in [0.15, 0.2) is 0 Å². The molecule has 1 atom stereocenters. The number of amides is 1. The van der Waals surface area contributed by atoms with Crippen LogP contribution < -0.4 is 0 Å². The smallest absolute Gasteiger partial charge is 0.249 e. The number of hydrogen-bond acceptors (Lipinski definition) is 5. The van der Waals surface area contributed by atoms with Gasteiger partial charge in [-0.1, -0.05) is 35.0 Å². The first-order valence-electron chi connectivity index (χ1n) is 7.62. The molecule has 0 N–H and O–H groups in total. The highest BCUT2D eigenvalue weighted by Gasteiger charge is 2.36. The standard InChI is InChI=1S/C17H14ClN3O2S/c18-12-4-1-3-11(9-12)10-21-13(6-7-15(21)22)17-19-16(20-23-17)14-5-2-8-24-14/h1-5,8-9,13H,6-7,10H2. The van der Waals surface area contributed by atoms with Gasteiger partial charge in [0.05, 0.1) is 4.88 Å². The van der Waals surface area contributed by atoms with Gasteiger partial charge >= 0.3 is 0 Å². The largest absolute Gasteiger partial charge is 0.337 e. The van der Waals surface area contributed by atoms with Crippen LogP contribution in [0.25, 0.3) is 10.7 Å². The van der Waals surface area contributed by atoms with E-state index in [0.29, 0.717) is 36.1 Å². The van der Waals surface area contributed by atoms with Gasteiger partial charge in [0, 0.05) is 18.0 Å². The van der Waals surface area contributed by atoms with Crippen LogP contribution in [0.5, 0.6) is 0 Å². The maximum Gasteiger partial charge on any atom is 0.249 e. The lowest BCUT2D eigenvalue weighted by molar-refractivity contribution is -0.129. The molecule has 24 heavy (non-hydrogen) atoms. The van der Waals surface area contributed by atoms with E-state index in [9.17, 15) is 4.79 Å². The Labute approximate surface area is 147 Å². The first-order chi connectivity index (χ1) is 11.7. The molecule has 0 radical (unpaired) electrons. The molecule has 1 aromatic carbocycles. The second kappa shape index (κ2) is 6.37. The Morgan fingerprint density at radius 1 is 1.33 bits per heavy atom. The van der Waals surface area contributed by atoms with Crippen molar-refractivity contribution in [2.75, 3.05) is 0 Å². The number of carbonyl (C=O) groups excluding carboxylic acids is 1. The van der Waals surface area contributed by atoms with Crippen molar-refractivity contribution >= 4 is 28.8 Å².